The maximum absolute atomic E-state index is 2.44. The van der Waals surface area contributed by atoms with E-state index in [1.165, 1.54) is 75.4 Å². The summed E-state index contributed by atoms with van der Waals surface area (Å²) in [7, 11) is 0. The van der Waals surface area contributed by atoms with Crippen molar-refractivity contribution in [1.82, 2.24) is 4.57 Å². The van der Waals surface area contributed by atoms with Gasteiger partial charge in [-0.3, -0.25) is 0 Å². The van der Waals surface area contributed by atoms with Gasteiger partial charge in [-0.2, -0.15) is 0 Å². The summed E-state index contributed by atoms with van der Waals surface area (Å²) in [5, 5.41) is 4.95. The average Bonchev–Trinajstić information content (AvgIpc) is 3.98. The van der Waals surface area contributed by atoms with E-state index in [4.69, 9.17) is 0 Å². The van der Waals surface area contributed by atoms with Gasteiger partial charge in [-0.05, 0) is 124 Å². The Bertz CT molecular complexity index is 3960. The molecule has 4 heteroatoms. The predicted octanol–water partition coefficient (Wildman–Crippen LogP) is 19.1. The molecule has 0 unspecified atom stereocenters. The third kappa shape index (κ3) is 7.39. The molecule has 0 aliphatic rings. The third-order valence-electron chi connectivity index (χ3n) is 13.6. The molecule has 330 valence electrons. The van der Waals surface area contributed by atoms with E-state index in [0.29, 0.717) is 0 Å². The highest BCUT2D eigenvalue weighted by Crippen LogP contribution is 2.50. The van der Waals surface area contributed by atoms with Crippen LogP contribution in [0.5, 0.6) is 0 Å². The second-order valence-electron chi connectivity index (χ2n) is 17.7. The normalized spacial score (nSPS) is 11.4. The first kappa shape index (κ1) is 41.2. The zero-order chi connectivity index (χ0) is 46.4. The molecule has 0 bridgehead atoms. The maximum Gasteiger partial charge on any atom is 0.0575 e. The van der Waals surface area contributed by atoms with Crippen molar-refractivity contribution in [1.29, 1.82) is 0 Å². The lowest BCUT2D eigenvalue weighted by atomic mass is 10.0. The van der Waals surface area contributed by atoms with Crippen LogP contribution >= 0.6 is 11.3 Å². The van der Waals surface area contributed by atoms with E-state index in [-0.39, 0.29) is 0 Å². The number of rotatable bonds is 10. The predicted molar refractivity (Wildman–Crippen MR) is 299 cm³/mol. The van der Waals surface area contributed by atoms with Crippen LogP contribution in [0.3, 0.4) is 0 Å². The van der Waals surface area contributed by atoms with Gasteiger partial charge in [0.25, 0.3) is 0 Å². The first-order valence-corrected chi connectivity index (χ1v) is 24.6. The molecule has 70 heavy (non-hydrogen) atoms. The Morgan fingerprint density at radius 3 is 1.33 bits per heavy atom. The Labute approximate surface area is 411 Å². The number of fused-ring (bicyclic) bond motifs is 6. The number of para-hydroxylation sites is 4. The van der Waals surface area contributed by atoms with Crippen molar-refractivity contribution in [3.63, 3.8) is 0 Å². The number of hydrogen-bond donors (Lipinski definition) is 0. The SMILES string of the molecule is c1ccc(-c2ccc(N(c3ccccc3)c3cc(N(c4ccccc4)c4ccc(-c5ccccc5)cc4)c4c(c3)sc3cc(-c5ccc6c7ccccc7n(-c7ccccc7)c6c5)ccc34)cc2)cc1. The largest absolute Gasteiger partial charge is 0.310 e. The molecule has 2 heterocycles. The van der Waals surface area contributed by atoms with Crippen LogP contribution in [0, 0.1) is 0 Å². The minimum atomic E-state index is 1.08. The molecule has 0 aliphatic carbocycles. The minimum absolute atomic E-state index is 1.08. The lowest BCUT2D eigenvalue weighted by Gasteiger charge is -2.30. The summed E-state index contributed by atoms with van der Waals surface area (Å²) < 4.78 is 4.85. The van der Waals surface area contributed by atoms with Crippen LogP contribution in [0.4, 0.5) is 34.1 Å². The lowest BCUT2D eigenvalue weighted by molar-refractivity contribution is 1.18. The van der Waals surface area contributed by atoms with E-state index < -0.39 is 0 Å². The smallest absolute Gasteiger partial charge is 0.0575 e. The van der Waals surface area contributed by atoms with Crippen LogP contribution in [0.1, 0.15) is 0 Å². The Kier molecular flexibility index (Phi) is 10.4. The zero-order valence-corrected chi connectivity index (χ0v) is 39.0. The molecule has 0 fully saturated rings. The van der Waals surface area contributed by atoms with Crippen molar-refractivity contribution in [2.45, 2.75) is 0 Å². The summed E-state index contributed by atoms with van der Waals surface area (Å²) in [6, 6.07) is 99.1. The Morgan fingerprint density at radius 1 is 0.271 bits per heavy atom. The summed E-state index contributed by atoms with van der Waals surface area (Å²) in [4.78, 5) is 4.84. The van der Waals surface area contributed by atoms with Gasteiger partial charge in [0, 0.05) is 65.1 Å². The molecule has 0 aliphatic heterocycles. The van der Waals surface area contributed by atoms with Crippen molar-refractivity contribution in [3.05, 3.63) is 273 Å². The van der Waals surface area contributed by atoms with Crippen LogP contribution in [0.15, 0.2) is 273 Å². The summed E-state index contributed by atoms with van der Waals surface area (Å²) in [5.41, 5.74) is 17.2. The monoisotopic (exact) mass is 911 g/mol. The molecule has 13 rings (SSSR count). The van der Waals surface area contributed by atoms with Crippen molar-refractivity contribution in [3.8, 4) is 39.1 Å². The van der Waals surface area contributed by atoms with Crippen LogP contribution in [-0.4, -0.2) is 4.57 Å². The van der Waals surface area contributed by atoms with Crippen molar-refractivity contribution in [2.75, 3.05) is 9.80 Å². The Hall–Kier alpha value is -8.96. The van der Waals surface area contributed by atoms with Crippen LogP contribution < -0.4 is 9.80 Å². The fourth-order valence-electron chi connectivity index (χ4n) is 10.3. The maximum atomic E-state index is 2.44. The highest BCUT2D eigenvalue weighted by molar-refractivity contribution is 7.26. The second-order valence-corrected chi connectivity index (χ2v) is 18.8. The molecule has 0 atom stereocenters. The van der Waals surface area contributed by atoms with Crippen molar-refractivity contribution in [2.24, 2.45) is 0 Å². The number of aromatic nitrogens is 1. The highest BCUT2D eigenvalue weighted by Gasteiger charge is 2.24. The second kappa shape index (κ2) is 17.6. The average molecular weight is 912 g/mol. The van der Waals surface area contributed by atoms with Gasteiger partial charge in [0.1, 0.15) is 0 Å². The van der Waals surface area contributed by atoms with Gasteiger partial charge >= 0.3 is 0 Å². The molecule has 3 nitrogen and oxygen atoms in total. The van der Waals surface area contributed by atoms with E-state index in [1.807, 2.05) is 11.3 Å². The molecule has 11 aromatic carbocycles. The van der Waals surface area contributed by atoms with E-state index in [1.54, 1.807) is 0 Å². The zero-order valence-electron chi connectivity index (χ0n) is 38.2. The summed E-state index contributed by atoms with van der Waals surface area (Å²) in [6.07, 6.45) is 0. The van der Waals surface area contributed by atoms with Crippen molar-refractivity contribution >= 4 is 87.4 Å². The van der Waals surface area contributed by atoms with Crippen LogP contribution in [0.25, 0.3) is 81.0 Å². The van der Waals surface area contributed by atoms with E-state index in [0.717, 1.165) is 39.8 Å². The van der Waals surface area contributed by atoms with Gasteiger partial charge in [-0.1, -0.05) is 182 Å². The third-order valence-corrected chi connectivity index (χ3v) is 14.7. The minimum Gasteiger partial charge on any atom is -0.310 e. The molecular weight excluding hydrogens is 867 g/mol. The van der Waals surface area contributed by atoms with Gasteiger partial charge in [-0.15, -0.1) is 11.3 Å². The van der Waals surface area contributed by atoms with Crippen LogP contribution in [-0.2, 0) is 0 Å². The summed E-state index contributed by atoms with van der Waals surface area (Å²) in [5.74, 6) is 0. The fourth-order valence-corrected chi connectivity index (χ4v) is 11.5. The molecule has 13 aromatic rings. The van der Waals surface area contributed by atoms with E-state index in [9.17, 15) is 0 Å². The molecular formula is C66H45N3S. The first-order chi connectivity index (χ1) is 34.7. The summed E-state index contributed by atoms with van der Waals surface area (Å²) in [6.45, 7) is 0. The molecule has 0 radical (unpaired) electrons. The molecule has 0 saturated heterocycles. The van der Waals surface area contributed by atoms with Gasteiger partial charge in [0.05, 0.1) is 16.7 Å². The lowest BCUT2D eigenvalue weighted by Crippen LogP contribution is -2.13. The molecule has 0 saturated carbocycles. The number of benzene rings is 11. The first-order valence-electron chi connectivity index (χ1n) is 23.8. The highest BCUT2D eigenvalue weighted by atomic mass is 32.1. The molecule has 0 amide bonds. The summed E-state index contributed by atoms with van der Waals surface area (Å²) >= 11 is 1.86. The Morgan fingerprint density at radius 2 is 0.714 bits per heavy atom. The van der Waals surface area contributed by atoms with E-state index in [2.05, 4.69) is 287 Å². The standard InChI is InChI=1S/C66H45N3S/c1-6-18-46(19-7-1)48-30-36-55(37-31-48)67(52-22-10-3-11-23-52)57-44-63(68(53-24-12-4-13-25-53)56-38-32-49(33-39-56)47-20-8-2-9-21-47)66-60-41-35-51(43-64(60)70-65(66)45-57)50-34-40-59-58-28-16-17-29-61(58)69(62(59)42-50)54-26-14-5-15-27-54/h1-45H. The molecule has 0 N–H and O–H groups in total. The number of anilines is 6. The number of thiophene rings is 1. The van der Waals surface area contributed by atoms with Crippen LogP contribution in [0.2, 0.25) is 0 Å². The van der Waals surface area contributed by atoms with Crippen molar-refractivity contribution < 1.29 is 0 Å². The number of nitrogens with zero attached hydrogens (tertiary/aromatic N) is 3. The fraction of sp³-hybridized carbons (Fsp3) is 0. The number of hydrogen-bond acceptors (Lipinski definition) is 3. The topological polar surface area (TPSA) is 11.4 Å². The van der Waals surface area contributed by atoms with Gasteiger partial charge in [-0.25, -0.2) is 0 Å². The van der Waals surface area contributed by atoms with Gasteiger partial charge in [0.2, 0.25) is 0 Å². The molecule has 2 aromatic heterocycles. The quantitative estimate of drug-likeness (QED) is 0.135. The van der Waals surface area contributed by atoms with Gasteiger partial charge in [0.15, 0.2) is 0 Å². The van der Waals surface area contributed by atoms with E-state index >= 15 is 0 Å². The molecule has 0 spiro atoms. The van der Waals surface area contributed by atoms with Gasteiger partial charge < -0.3 is 14.4 Å². The Balaban J connectivity index is 1.02.